The Labute approximate surface area is 171 Å². The average Bonchev–Trinajstić information content (AvgIpc) is 3.12. The van der Waals surface area contributed by atoms with Gasteiger partial charge in [-0.25, -0.2) is 13.4 Å². The van der Waals surface area contributed by atoms with E-state index in [0.29, 0.717) is 16.8 Å². The number of halogens is 1. The smallest absolute Gasteiger partial charge is 0.241 e. The number of aryl methyl sites for hydroxylation is 1. The van der Waals surface area contributed by atoms with Gasteiger partial charge in [0.2, 0.25) is 10.0 Å². The fourth-order valence-corrected chi connectivity index (χ4v) is 4.32. The quantitative estimate of drug-likeness (QED) is 0.608. The summed E-state index contributed by atoms with van der Waals surface area (Å²) in [6, 6.07) is 13.5. The van der Waals surface area contributed by atoms with Gasteiger partial charge >= 0.3 is 0 Å². The molecule has 1 aromatic heterocycles. The molecule has 0 spiro atoms. The Hall–Kier alpha value is -2.15. The number of aromatic nitrogens is 2. The Morgan fingerprint density at radius 3 is 2.21 bits per heavy atom. The van der Waals surface area contributed by atoms with Crippen molar-refractivity contribution in [3.05, 3.63) is 82.9 Å². The highest BCUT2D eigenvalue weighted by Gasteiger charge is 2.25. The van der Waals surface area contributed by atoms with Crippen LogP contribution in [0.4, 0.5) is 0 Å². The molecule has 2 unspecified atom stereocenters. The highest BCUT2D eigenvalue weighted by atomic mass is 35.5. The van der Waals surface area contributed by atoms with E-state index in [4.69, 9.17) is 11.6 Å². The summed E-state index contributed by atoms with van der Waals surface area (Å²) in [6.07, 6.45) is 4.43. The molecule has 0 saturated carbocycles. The van der Waals surface area contributed by atoms with E-state index >= 15 is 0 Å². The van der Waals surface area contributed by atoms with E-state index < -0.39 is 16.1 Å². The van der Waals surface area contributed by atoms with Gasteiger partial charge < -0.3 is 4.57 Å². The molecule has 0 fully saturated rings. The molecule has 0 aliphatic heterocycles. The number of nitrogens with one attached hydrogen (secondary N) is 1. The van der Waals surface area contributed by atoms with Crippen LogP contribution >= 0.6 is 11.6 Å². The van der Waals surface area contributed by atoms with E-state index in [2.05, 4.69) is 23.6 Å². The zero-order valence-corrected chi connectivity index (χ0v) is 17.7. The van der Waals surface area contributed by atoms with E-state index in [9.17, 15) is 8.42 Å². The first kappa shape index (κ1) is 20.6. The molecule has 0 aliphatic rings. The van der Waals surface area contributed by atoms with Crippen LogP contribution < -0.4 is 4.72 Å². The van der Waals surface area contributed by atoms with Crippen molar-refractivity contribution in [2.24, 2.45) is 7.05 Å². The molecule has 5 nitrogen and oxygen atoms in total. The van der Waals surface area contributed by atoms with Crippen molar-refractivity contribution in [1.82, 2.24) is 14.3 Å². The lowest BCUT2D eigenvalue weighted by Gasteiger charge is -2.19. The standard InChI is InChI=1S/C21H24ClN3O2S/c1-4-15(2)16-7-11-19(12-8-16)28(26,27)24-20(21-23-13-14-25(21)3)17-5-9-18(22)10-6-17/h5-15,20,24H,4H2,1-3H3. The SMILES string of the molecule is CCC(C)c1ccc(S(=O)(=O)NC(c2ccc(Cl)cc2)c2nccn2C)cc1. The monoisotopic (exact) mass is 417 g/mol. The van der Waals surface area contributed by atoms with Crippen LogP contribution in [0, 0.1) is 0 Å². The van der Waals surface area contributed by atoms with Crippen molar-refractivity contribution in [2.45, 2.75) is 37.1 Å². The Balaban J connectivity index is 1.95. The number of hydrogen-bond acceptors (Lipinski definition) is 3. The van der Waals surface area contributed by atoms with E-state index in [-0.39, 0.29) is 4.90 Å². The lowest BCUT2D eigenvalue weighted by molar-refractivity contribution is 0.562. The maximum absolute atomic E-state index is 13.1. The van der Waals surface area contributed by atoms with Crippen LogP contribution in [-0.4, -0.2) is 18.0 Å². The minimum atomic E-state index is -3.75. The Morgan fingerprint density at radius 2 is 1.68 bits per heavy atom. The molecule has 3 rings (SSSR count). The third kappa shape index (κ3) is 4.46. The second-order valence-electron chi connectivity index (χ2n) is 6.88. The summed E-state index contributed by atoms with van der Waals surface area (Å²) in [5.41, 5.74) is 1.89. The molecule has 2 atom stereocenters. The van der Waals surface area contributed by atoms with Gasteiger partial charge in [-0.3, -0.25) is 0 Å². The molecular formula is C21H24ClN3O2S. The molecule has 2 aromatic carbocycles. The maximum atomic E-state index is 13.1. The molecule has 148 valence electrons. The molecule has 7 heteroatoms. The Bertz CT molecular complexity index is 1030. The van der Waals surface area contributed by atoms with Gasteiger partial charge in [0.05, 0.1) is 4.90 Å². The lowest BCUT2D eigenvalue weighted by atomic mass is 9.99. The summed E-state index contributed by atoms with van der Waals surface area (Å²) >= 11 is 5.99. The number of rotatable bonds is 7. The highest BCUT2D eigenvalue weighted by molar-refractivity contribution is 7.89. The summed E-state index contributed by atoms with van der Waals surface area (Å²) in [6.45, 7) is 4.24. The molecule has 1 N–H and O–H groups in total. The normalized spacial score (nSPS) is 14.0. The van der Waals surface area contributed by atoms with Gasteiger partial charge in [0.1, 0.15) is 11.9 Å². The molecule has 0 aliphatic carbocycles. The van der Waals surface area contributed by atoms with Crippen molar-refractivity contribution in [2.75, 3.05) is 0 Å². The van der Waals surface area contributed by atoms with Gasteiger partial charge in [-0.15, -0.1) is 0 Å². The van der Waals surface area contributed by atoms with Gasteiger partial charge in [-0.05, 0) is 47.7 Å². The number of hydrogen-bond donors (Lipinski definition) is 1. The maximum Gasteiger partial charge on any atom is 0.241 e. The van der Waals surface area contributed by atoms with E-state index in [0.717, 1.165) is 17.5 Å². The molecule has 0 radical (unpaired) electrons. The van der Waals surface area contributed by atoms with Crippen LogP contribution in [-0.2, 0) is 17.1 Å². The fraction of sp³-hybridized carbons (Fsp3) is 0.286. The summed E-state index contributed by atoms with van der Waals surface area (Å²) in [5, 5.41) is 0.589. The van der Waals surface area contributed by atoms with Gasteiger partial charge in [0.15, 0.2) is 0 Å². The summed E-state index contributed by atoms with van der Waals surface area (Å²) in [7, 11) is -1.91. The van der Waals surface area contributed by atoms with Gasteiger partial charge in [-0.1, -0.05) is 49.7 Å². The Morgan fingerprint density at radius 1 is 1.07 bits per heavy atom. The van der Waals surface area contributed by atoms with E-state index in [1.54, 1.807) is 53.4 Å². The lowest BCUT2D eigenvalue weighted by Crippen LogP contribution is -2.31. The molecular weight excluding hydrogens is 394 g/mol. The number of nitrogens with zero attached hydrogens (tertiary/aromatic N) is 2. The van der Waals surface area contributed by atoms with Gasteiger partial charge in [-0.2, -0.15) is 4.72 Å². The van der Waals surface area contributed by atoms with Crippen molar-refractivity contribution in [3.8, 4) is 0 Å². The third-order valence-electron chi connectivity index (χ3n) is 4.96. The molecule has 28 heavy (non-hydrogen) atoms. The number of benzene rings is 2. The summed E-state index contributed by atoms with van der Waals surface area (Å²) in [4.78, 5) is 4.57. The van der Waals surface area contributed by atoms with Crippen LogP contribution in [0.25, 0.3) is 0 Å². The minimum Gasteiger partial charge on any atom is -0.336 e. The van der Waals surface area contributed by atoms with Gasteiger partial charge in [0.25, 0.3) is 0 Å². The van der Waals surface area contributed by atoms with Crippen molar-refractivity contribution in [1.29, 1.82) is 0 Å². The predicted octanol–water partition coefficient (Wildman–Crippen LogP) is 4.65. The van der Waals surface area contributed by atoms with Crippen molar-refractivity contribution >= 4 is 21.6 Å². The molecule has 0 saturated heterocycles. The second-order valence-corrected chi connectivity index (χ2v) is 9.03. The molecule has 3 aromatic rings. The summed E-state index contributed by atoms with van der Waals surface area (Å²) < 4.78 is 30.7. The van der Waals surface area contributed by atoms with Crippen molar-refractivity contribution in [3.63, 3.8) is 0 Å². The van der Waals surface area contributed by atoms with E-state index in [1.165, 1.54) is 0 Å². The van der Waals surface area contributed by atoms with Crippen LogP contribution in [0.2, 0.25) is 5.02 Å². The molecule has 0 amide bonds. The largest absolute Gasteiger partial charge is 0.336 e. The highest BCUT2D eigenvalue weighted by Crippen LogP contribution is 2.26. The average molecular weight is 418 g/mol. The van der Waals surface area contributed by atoms with Crippen LogP contribution in [0.15, 0.2) is 65.8 Å². The number of sulfonamides is 1. The molecule has 0 bridgehead atoms. The number of imidazole rings is 1. The van der Waals surface area contributed by atoms with E-state index in [1.807, 2.05) is 19.2 Å². The first-order valence-electron chi connectivity index (χ1n) is 9.16. The zero-order chi connectivity index (χ0) is 20.3. The third-order valence-corrected chi connectivity index (χ3v) is 6.66. The minimum absolute atomic E-state index is 0.229. The topological polar surface area (TPSA) is 64.0 Å². The van der Waals surface area contributed by atoms with Crippen LogP contribution in [0.5, 0.6) is 0 Å². The fourth-order valence-electron chi connectivity index (χ4n) is 3.01. The first-order chi connectivity index (χ1) is 13.3. The predicted molar refractivity (Wildman–Crippen MR) is 112 cm³/mol. The zero-order valence-electron chi connectivity index (χ0n) is 16.1. The van der Waals surface area contributed by atoms with Crippen LogP contribution in [0.1, 0.15) is 49.2 Å². The summed E-state index contributed by atoms with van der Waals surface area (Å²) in [5.74, 6) is 0.987. The van der Waals surface area contributed by atoms with Crippen molar-refractivity contribution < 1.29 is 8.42 Å². The van der Waals surface area contributed by atoms with Gasteiger partial charge in [0, 0.05) is 24.5 Å². The second kappa shape index (κ2) is 8.47. The first-order valence-corrected chi connectivity index (χ1v) is 11.0. The Kier molecular flexibility index (Phi) is 6.23. The van der Waals surface area contributed by atoms with Crippen LogP contribution in [0.3, 0.4) is 0 Å². The molecule has 1 heterocycles.